The van der Waals surface area contributed by atoms with Crippen LogP contribution in [0.5, 0.6) is 5.75 Å². The first-order valence-electron chi connectivity index (χ1n) is 6.22. The highest BCUT2D eigenvalue weighted by Crippen LogP contribution is 2.31. The van der Waals surface area contributed by atoms with Gasteiger partial charge in [0.1, 0.15) is 11.6 Å². The monoisotopic (exact) mass is 359 g/mol. The normalized spacial score (nSPS) is 12.3. The SMILES string of the molecule is CC(Nc1cc(F)ccc1Br)c1ccccc1OC(F)F. The van der Waals surface area contributed by atoms with E-state index >= 15 is 0 Å². The van der Waals surface area contributed by atoms with E-state index in [1.165, 1.54) is 18.2 Å². The molecule has 0 amide bonds. The van der Waals surface area contributed by atoms with Gasteiger partial charge in [0.25, 0.3) is 0 Å². The molecule has 0 radical (unpaired) electrons. The summed E-state index contributed by atoms with van der Waals surface area (Å²) in [5, 5.41) is 3.07. The van der Waals surface area contributed by atoms with Gasteiger partial charge in [-0.05, 0) is 47.1 Å². The van der Waals surface area contributed by atoms with Gasteiger partial charge in [0.2, 0.25) is 0 Å². The number of hydrogen-bond donors (Lipinski definition) is 1. The standard InChI is InChI=1S/C15H13BrF3NO/c1-9(20-13-8-10(17)6-7-12(13)16)11-4-2-3-5-14(11)21-15(18)19/h2-9,15,20H,1H3. The van der Waals surface area contributed by atoms with Gasteiger partial charge in [-0.15, -0.1) is 0 Å². The van der Waals surface area contributed by atoms with E-state index in [4.69, 9.17) is 0 Å². The number of rotatable bonds is 5. The fraction of sp³-hybridized carbons (Fsp3) is 0.200. The van der Waals surface area contributed by atoms with Crippen molar-refractivity contribution in [3.63, 3.8) is 0 Å². The lowest BCUT2D eigenvalue weighted by Crippen LogP contribution is -2.11. The maximum Gasteiger partial charge on any atom is 0.387 e. The van der Waals surface area contributed by atoms with Crippen molar-refractivity contribution >= 4 is 21.6 Å². The van der Waals surface area contributed by atoms with Crippen molar-refractivity contribution in [1.82, 2.24) is 0 Å². The smallest absolute Gasteiger partial charge is 0.387 e. The molecule has 0 fully saturated rings. The van der Waals surface area contributed by atoms with Gasteiger partial charge in [0.15, 0.2) is 0 Å². The van der Waals surface area contributed by atoms with Crippen molar-refractivity contribution in [2.45, 2.75) is 19.6 Å². The van der Waals surface area contributed by atoms with Crippen LogP contribution < -0.4 is 10.1 Å². The predicted octanol–water partition coefficient (Wildman–Crippen LogP) is 5.36. The molecule has 6 heteroatoms. The second-order valence-corrected chi connectivity index (χ2v) is 5.26. The molecule has 1 N–H and O–H groups in total. The summed E-state index contributed by atoms with van der Waals surface area (Å²) in [7, 11) is 0. The van der Waals surface area contributed by atoms with E-state index in [9.17, 15) is 13.2 Å². The van der Waals surface area contributed by atoms with Crippen LogP contribution in [0.1, 0.15) is 18.5 Å². The van der Waals surface area contributed by atoms with Gasteiger partial charge in [-0.2, -0.15) is 8.78 Å². The first kappa shape index (κ1) is 15.7. The summed E-state index contributed by atoms with van der Waals surface area (Å²) in [6, 6.07) is 10.4. The fourth-order valence-electron chi connectivity index (χ4n) is 1.96. The van der Waals surface area contributed by atoms with Crippen molar-refractivity contribution in [2.24, 2.45) is 0 Å². The van der Waals surface area contributed by atoms with Crippen LogP contribution >= 0.6 is 15.9 Å². The molecule has 0 heterocycles. The third-order valence-electron chi connectivity index (χ3n) is 2.90. The molecule has 0 bridgehead atoms. The summed E-state index contributed by atoms with van der Waals surface area (Å²) in [5.74, 6) is -0.287. The third-order valence-corrected chi connectivity index (χ3v) is 3.59. The zero-order valence-corrected chi connectivity index (χ0v) is 12.7. The topological polar surface area (TPSA) is 21.3 Å². The number of benzene rings is 2. The zero-order chi connectivity index (χ0) is 15.4. The average molecular weight is 360 g/mol. The molecule has 2 rings (SSSR count). The highest BCUT2D eigenvalue weighted by atomic mass is 79.9. The van der Waals surface area contributed by atoms with Gasteiger partial charge in [-0.25, -0.2) is 4.39 Å². The number of ether oxygens (including phenoxy) is 1. The van der Waals surface area contributed by atoms with E-state index in [1.54, 1.807) is 31.2 Å². The van der Waals surface area contributed by atoms with Gasteiger partial charge in [-0.3, -0.25) is 0 Å². The Balaban J connectivity index is 2.24. The van der Waals surface area contributed by atoms with Crippen molar-refractivity contribution in [3.05, 3.63) is 58.3 Å². The number of alkyl halides is 2. The minimum absolute atomic E-state index is 0.0972. The Bertz CT molecular complexity index is 622. The maximum absolute atomic E-state index is 13.3. The average Bonchev–Trinajstić information content (AvgIpc) is 2.42. The number of hydrogen-bond acceptors (Lipinski definition) is 2. The molecule has 1 unspecified atom stereocenters. The fourth-order valence-corrected chi connectivity index (χ4v) is 2.32. The lowest BCUT2D eigenvalue weighted by Gasteiger charge is -2.19. The van der Waals surface area contributed by atoms with E-state index < -0.39 is 6.61 Å². The molecule has 112 valence electrons. The molecule has 2 nitrogen and oxygen atoms in total. The van der Waals surface area contributed by atoms with Crippen LogP contribution in [-0.2, 0) is 0 Å². The summed E-state index contributed by atoms with van der Waals surface area (Å²) in [5.41, 5.74) is 1.10. The number of para-hydroxylation sites is 1. The summed E-state index contributed by atoms with van der Waals surface area (Å²) >= 11 is 3.31. The summed E-state index contributed by atoms with van der Waals surface area (Å²) in [4.78, 5) is 0. The van der Waals surface area contributed by atoms with Gasteiger partial charge in [0.05, 0.1) is 11.7 Å². The van der Waals surface area contributed by atoms with Crippen LogP contribution in [0.2, 0.25) is 0 Å². The van der Waals surface area contributed by atoms with Crippen LogP contribution in [-0.4, -0.2) is 6.61 Å². The molecule has 0 saturated carbocycles. The van der Waals surface area contributed by atoms with E-state index in [-0.39, 0.29) is 17.6 Å². The Morgan fingerprint density at radius 1 is 1.14 bits per heavy atom. The molecule has 2 aromatic rings. The zero-order valence-electron chi connectivity index (χ0n) is 11.1. The Kier molecular flexibility index (Phi) is 5.12. The molecule has 0 aromatic heterocycles. The van der Waals surface area contributed by atoms with Crippen LogP contribution in [0.15, 0.2) is 46.9 Å². The van der Waals surface area contributed by atoms with E-state index in [1.807, 2.05) is 0 Å². The number of nitrogens with one attached hydrogen (secondary N) is 1. The highest BCUT2D eigenvalue weighted by Gasteiger charge is 2.15. The molecule has 0 saturated heterocycles. The molecule has 0 spiro atoms. The summed E-state index contributed by atoms with van der Waals surface area (Å²) in [6.07, 6.45) is 0. The molecule has 0 aliphatic carbocycles. The largest absolute Gasteiger partial charge is 0.434 e. The summed E-state index contributed by atoms with van der Waals surface area (Å²) in [6.45, 7) is -1.11. The van der Waals surface area contributed by atoms with Crippen LogP contribution in [0.3, 0.4) is 0 Å². The van der Waals surface area contributed by atoms with E-state index in [0.717, 1.165) is 0 Å². The lowest BCUT2D eigenvalue weighted by atomic mass is 10.1. The molecular formula is C15H13BrF3NO. The van der Waals surface area contributed by atoms with Crippen molar-refractivity contribution < 1.29 is 17.9 Å². The Morgan fingerprint density at radius 2 is 1.86 bits per heavy atom. The number of halogens is 4. The van der Waals surface area contributed by atoms with Crippen molar-refractivity contribution in [1.29, 1.82) is 0 Å². The van der Waals surface area contributed by atoms with Crippen LogP contribution in [0, 0.1) is 5.82 Å². The Labute approximate surface area is 129 Å². The molecular weight excluding hydrogens is 347 g/mol. The second kappa shape index (κ2) is 6.85. The van der Waals surface area contributed by atoms with Crippen molar-refractivity contribution in [2.75, 3.05) is 5.32 Å². The van der Waals surface area contributed by atoms with Crippen LogP contribution in [0.4, 0.5) is 18.9 Å². The van der Waals surface area contributed by atoms with Gasteiger partial charge in [-0.1, -0.05) is 18.2 Å². The molecule has 0 aliphatic heterocycles. The summed E-state index contributed by atoms with van der Waals surface area (Å²) < 4.78 is 43.3. The quantitative estimate of drug-likeness (QED) is 0.775. The molecule has 21 heavy (non-hydrogen) atoms. The lowest BCUT2D eigenvalue weighted by molar-refractivity contribution is -0.0505. The maximum atomic E-state index is 13.3. The number of anilines is 1. The van der Waals surface area contributed by atoms with E-state index in [0.29, 0.717) is 15.7 Å². The van der Waals surface area contributed by atoms with Gasteiger partial charge in [0, 0.05) is 10.0 Å². The highest BCUT2D eigenvalue weighted by molar-refractivity contribution is 9.10. The second-order valence-electron chi connectivity index (χ2n) is 4.41. The van der Waals surface area contributed by atoms with Gasteiger partial charge >= 0.3 is 6.61 Å². The first-order chi connectivity index (χ1) is 9.97. The minimum atomic E-state index is -2.89. The Hall–Kier alpha value is -1.69. The Morgan fingerprint density at radius 3 is 2.57 bits per heavy atom. The molecule has 0 aliphatic rings. The predicted molar refractivity (Wildman–Crippen MR) is 79.2 cm³/mol. The first-order valence-corrected chi connectivity index (χ1v) is 7.02. The van der Waals surface area contributed by atoms with Gasteiger partial charge < -0.3 is 10.1 Å². The molecule has 1 atom stereocenters. The minimum Gasteiger partial charge on any atom is -0.434 e. The third kappa shape index (κ3) is 4.14. The van der Waals surface area contributed by atoms with Crippen LogP contribution in [0.25, 0.3) is 0 Å². The van der Waals surface area contributed by atoms with E-state index in [2.05, 4.69) is 26.0 Å². The molecule has 2 aromatic carbocycles. The van der Waals surface area contributed by atoms with Crippen molar-refractivity contribution in [3.8, 4) is 5.75 Å².